The van der Waals surface area contributed by atoms with E-state index in [4.69, 9.17) is 9.15 Å². The Labute approximate surface area is 179 Å². The van der Waals surface area contributed by atoms with Crippen molar-refractivity contribution in [3.05, 3.63) is 75.6 Å². The number of carboxylic acids is 1. The summed E-state index contributed by atoms with van der Waals surface area (Å²) in [7, 11) is 0. The Bertz CT molecular complexity index is 1140. The minimum atomic E-state index is -1.17. The summed E-state index contributed by atoms with van der Waals surface area (Å²) in [6, 6.07) is 12.3. The van der Waals surface area contributed by atoms with Gasteiger partial charge in [-0.05, 0) is 43.0 Å². The van der Waals surface area contributed by atoms with Gasteiger partial charge in [0.25, 0.3) is 5.91 Å². The maximum Gasteiger partial charge on any atom is 0.336 e. The molecule has 0 unspecified atom stereocenters. The highest BCUT2D eigenvalue weighted by Crippen LogP contribution is 2.29. The van der Waals surface area contributed by atoms with Crippen LogP contribution in [0.1, 0.15) is 42.5 Å². The predicted octanol–water partition coefficient (Wildman–Crippen LogP) is 3.76. The molecule has 0 aliphatic heterocycles. The summed E-state index contributed by atoms with van der Waals surface area (Å²) < 4.78 is 11.0. The van der Waals surface area contributed by atoms with Gasteiger partial charge in [-0.3, -0.25) is 4.79 Å². The second kappa shape index (κ2) is 9.93. The first-order chi connectivity index (χ1) is 14.9. The van der Waals surface area contributed by atoms with Crippen molar-refractivity contribution < 1.29 is 23.8 Å². The van der Waals surface area contributed by atoms with Crippen molar-refractivity contribution in [2.45, 2.75) is 39.2 Å². The van der Waals surface area contributed by atoms with Gasteiger partial charge in [0.15, 0.2) is 12.6 Å². The first kappa shape index (κ1) is 22.1. The molecule has 0 saturated carbocycles. The molecule has 3 aromatic rings. The van der Waals surface area contributed by atoms with Crippen molar-refractivity contribution in [1.29, 1.82) is 0 Å². The molecule has 0 radical (unpaired) electrons. The average molecular weight is 423 g/mol. The van der Waals surface area contributed by atoms with Gasteiger partial charge >= 0.3 is 11.6 Å². The van der Waals surface area contributed by atoms with Crippen molar-refractivity contribution in [1.82, 2.24) is 5.32 Å². The number of carbonyl (C=O) groups excluding carboxylic acids is 1. The fourth-order valence-corrected chi connectivity index (χ4v) is 3.42. The lowest BCUT2D eigenvalue weighted by Gasteiger charge is -2.16. The summed E-state index contributed by atoms with van der Waals surface area (Å²) in [5, 5.41) is 12.7. The zero-order valence-corrected chi connectivity index (χ0v) is 17.5. The van der Waals surface area contributed by atoms with Crippen molar-refractivity contribution in [2.24, 2.45) is 0 Å². The van der Waals surface area contributed by atoms with Crippen molar-refractivity contribution in [2.75, 3.05) is 6.61 Å². The van der Waals surface area contributed by atoms with Gasteiger partial charge in [-0.2, -0.15) is 0 Å². The molecule has 162 valence electrons. The van der Waals surface area contributed by atoms with Crippen LogP contribution in [-0.2, 0) is 16.0 Å². The maximum atomic E-state index is 12.3. The second-order valence-corrected chi connectivity index (χ2v) is 7.30. The summed E-state index contributed by atoms with van der Waals surface area (Å²) >= 11 is 0. The molecule has 0 aliphatic carbocycles. The minimum absolute atomic E-state index is 0.372. The van der Waals surface area contributed by atoms with E-state index >= 15 is 0 Å². The van der Waals surface area contributed by atoms with Crippen molar-refractivity contribution in [3.8, 4) is 5.75 Å². The Morgan fingerprint density at radius 2 is 1.90 bits per heavy atom. The molecule has 2 N–H and O–H groups in total. The summed E-state index contributed by atoms with van der Waals surface area (Å²) in [4.78, 5) is 35.9. The molecule has 1 atom stereocenters. The molecule has 3 rings (SSSR count). The van der Waals surface area contributed by atoms with Crippen LogP contribution in [0.2, 0.25) is 0 Å². The van der Waals surface area contributed by atoms with E-state index in [1.54, 1.807) is 43.3 Å². The smallest absolute Gasteiger partial charge is 0.336 e. The molecule has 0 bridgehead atoms. The molecule has 0 saturated heterocycles. The van der Waals surface area contributed by atoms with Gasteiger partial charge in [0.05, 0.1) is 0 Å². The van der Waals surface area contributed by atoms with E-state index in [1.807, 2.05) is 6.07 Å². The number of aryl methyl sites for hydroxylation is 2. The topological polar surface area (TPSA) is 106 Å². The van der Waals surface area contributed by atoms with E-state index in [-0.39, 0.29) is 6.61 Å². The number of fused-ring (bicyclic) bond motifs is 1. The SMILES string of the molecule is CCCCc1cc(=O)oc2c(C)c(OCC(=O)N[C@H](C(=O)O)c3ccccc3)ccc12. The number of benzene rings is 2. The monoisotopic (exact) mass is 423 g/mol. The summed E-state index contributed by atoms with van der Waals surface area (Å²) in [6.45, 7) is 3.47. The molecule has 1 aromatic heterocycles. The van der Waals surface area contributed by atoms with E-state index in [0.29, 0.717) is 22.5 Å². The van der Waals surface area contributed by atoms with E-state index in [1.165, 1.54) is 6.07 Å². The number of hydrogen-bond donors (Lipinski definition) is 2. The number of aliphatic carboxylic acids is 1. The molecular formula is C24H25NO6. The van der Waals surface area contributed by atoms with Crippen LogP contribution in [0.5, 0.6) is 5.75 Å². The molecule has 31 heavy (non-hydrogen) atoms. The van der Waals surface area contributed by atoms with Crippen LogP contribution >= 0.6 is 0 Å². The van der Waals surface area contributed by atoms with E-state index < -0.39 is 23.5 Å². The third kappa shape index (κ3) is 5.31. The van der Waals surface area contributed by atoms with Gasteiger partial charge in [0, 0.05) is 17.0 Å². The first-order valence-electron chi connectivity index (χ1n) is 10.2. The highest BCUT2D eigenvalue weighted by atomic mass is 16.5. The maximum absolute atomic E-state index is 12.3. The lowest BCUT2D eigenvalue weighted by Crippen LogP contribution is -2.36. The molecular weight excluding hydrogens is 398 g/mol. The van der Waals surface area contributed by atoms with E-state index in [9.17, 15) is 19.5 Å². The lowest BCUT2D eigenvalue weighted by atomic mass is 10.0. The number of amides is 1. The van der Waals surface area contributed by atoms with Gasteiger partial charge in [0.1, 0.15) is 11.3 Å². The molecule has 2 aromatic carbocycles. The number of carbonyl (C=O) groups is 2. The fraction of sp³-hybridized carbons (Fsp3) is 0.292. The molecule has 0 spiro atoms. The molecule has 0 aliphatic rings. The number of ether oxygens (including phenoxy) is 1. The standard InChI is InChI=1S/C24H25NO6/c1-3-4-8-17-13-21(27)31-23-15(2)19(12-11-18(17)23)30-14-20(26)25-22(24(28)29)16-9-6-5-7-10-16/h5-7,9-13,22H,3-4,8,14H2,1-2H3,(H,25,26)(H,28,29)/t22-/m0/s1. The number of nitrogens with one attached hydrogen (secondary N) is 1. The van der Waals surface area contributed by atoms with Crippen LogP contribution in [0, 0.1) is 6.92 Å². The van der Waals surface area contributed by atoms with Crippen LogP contribution in [0.3, 0.4) is 0 Å². The zero-order chi connectivity index (χ0) is 22.4. The largest absolute Gasteiger partial charge is 0.483 e. The van der Waals surface area contributed by atoms with Crippen LogP contribution in [0.25, 0.3) is 11.0 Å². The van der Waals surface area contributed by atoms with Gasteiger partial charge in [-0.1, -0.05) is 43.7 Å². The number of unbranched alkanes of at least 4 members (excludes halogenated alkanes) is 1. The normalized spacial score (nSPS) is 11.8. The summed E-state index contributed by atoms with van der Waals surface area (Å²) in [5.41, 5.74) is 2.01. The Kier molecular flexibility index (Phi) is 7.07. The Hall–Kier alpha value is -3.61. The summed E-state index contributed by atoms with van der Waals surface area (Å²) in [6.07, 6.45) is 2.75. The highest BCUT2D eigenvalue weighted by molar-refractivity contribution is 5.86. The minimum Gasteiger partial charge on any atom is -0.483 e. The Morgan fingerprint density at radius 1 is 1.16 bits per heavy atom. The third-order valence-electron chi connectivity index (χ3n) is 5.04. The fourth-order valence-electron chi connectivity index (χ4n) is 3.42. The molecule has 0 fully saturated rings. The quantitative estimate of drug-likeness (QED) is 0.508. The van der Waals surface area contributed by atoms with Gasteiger partial charge in [-0.25, -0.2) is 9.59 Å². The second-order valence-electron chi connectivity index (χ2n) is 7.30. The summed E-state index contributed by atoms with van der Waals surface area (Å²) in [5.74, 6) is -1.35. The zero-order valence-electron chi connectivity index (χ0n) is 17.5. The third-order valence-corrected chi connectivity index (χ3v) is 5.04. The predicted molar refractivity (Wildman–Crippen MR) is 116 cm³/mol. The highest BCUT2D eigenvalue weighted by Gasteiger charge is 2.22. The van der Waals surface area contributed by atoms with Crippen LogP contribution in [0.4, 0.5) is 0 Å². The van der Waals surface area contributed by atoms with Crippen LogP contribution in [0.15, 0.2) is 57.7 Å². The van der Waals surface area contributed by atoms with Crippen LogP contribution in [-0.4, -0.2) is 23.6 Å². The number of carboxylic acid groups (broad SMARTS) is 1. The lowest BCUT2D eigenvalue weighted by molar-refractivity contribution is -0.142. The van der Waals surface area contributed by atoms with Gasteiger partial charge in [0.2, 0.25) is 0 Å². The average Bonchev–Trinajstić information content (AvgIpc) is 2.76. The number of rotatable bonds is 9. The molecule has 7 nitrogen and oxygen atoms in total. The van der Waals surface area contributed by atoms with Crippen molar-refractivity contribution in [3.63, 3.8) is 0 Å². The first-order valence-corrected chi connectivity index (χ1v) is 10.2. The Balaban J connectivity index is 1.76. The molecule has 1 amide bonds. The number of hydrogen-bond acceptors (Lipinski definition) is 5. The molecule has 1 heterocycles. The van der Waals surface area contributed by atoms with Gasteiger partial charge < -0.3 is 19.6 Å². The Morgan fingerprint density at radius 3 is 2.58 bits per heavy atom. The molecule has 7 heteroatoms. The van der Waals surface area contributed by atoms with Gasteiger partial charge in [-0.15, -0.1) is 0 Å². The van der Waals surface area contributed by atoms with Crippen LogP contribution < -0.4 is 15.7 Å². The van der Waals surface area contributed by atoms with E-state index in [2.05, 4.69) is 12.2 Å². The van der Waals surface area contributed by atoms with E-state index in [0.717, 1.165) is 30.2 Å². The van der Waals surface area contributed by atoms with Crippen molar-refractivity contribution >= 4 is 22.8 Å².